The van der Waals surface area contributed by atoms with Crippen molar-refractivity contribution in [1.29, 1.82) is 0 Å². The lowest BCUT2D eigenvalue weighted by atomic mass is 9.97. The molecule has 0 radical (unpaired) electrons. The molecular weight excluding hydrogens is 388 g/mol. The molecule has 2 aromatic rings. The first-order chi connectivity index (χ1) is 12.1. The van der Waals surface area contributed by atoms with Gasteiger partial charge in [0.15, 0.2) is 0 Å². The van der Waals surface area contributed by atoms with Crippen molar-refractivity contribution in [3.05, 3.63) is 108 Å². The van der Waals surface area contributed by atoms with Gasteiger partial charge in [-0.05, 0) is 52.1 Å². The molecule has 0 aliphatic rings. The Balaban J connectivity index is 2.11. The lowest BCUT2D eigenvalue weighted by Crippen LogP contribution is -1.95. The van der Waals surface area contributed by atoms with Gasteiger partial charge in [0, 0.05) is 16.0 Å². The predicted octanol–water partition coefficient (Wildman–Crippen LogP) is 7.64. The Morgan fingerprint density at radius 2 is 1.88 bits per heavy atom. The molecule has 0 atom stereocenters. The molecule has 25 heavy (non-hydrogen) atoms. The van der Waals surface area contributed by atoms with Gasteiger partial charge in [-0.3, -0.25) is 0 Å². The average Bonchev–Trinajstić information content (AvgIpc) is 2.63. The van der Waals surface area contributed by atoms with Gasteiger partial charge in [0.05, 0.1) is 0 Å². The molecule has 0 aliphatic heterocycles. The second kappa shape index (κ2) is 9.65. The maximum Gasteiger partial charge on any atom is 0.0288 e. The predicted molar refractivity (Wildman–Crippen MR) is 119 cm³/mol. The highest BCUT2D eigenvalue weighted by Crippen LogP contribution is 2.31. The third kappa shape index (κ3) is 5.35. The fourth-order valence-corrected chi connectivity index (χ4v) is 4.14. The number of fused-ring (bicyclic) bond motifs is 1. The van der Waals surface area contributed by atoms with Gasteiger partial charge in [-0.2, -0.15) is 0 Å². The van der Waals surface area contributed by atoms with Gasteiger partial charge >= 0.3 is 0 Å². The van der Waals surface area contributed by atoms with Gasteiger partial charge in [-0.25, -0.2) is 0 Å². The van der Waals surface area contributed by atoms with Crippen molar-refractivity contribution in [2.75, 3.05) is 0 Å². The van der Waals surface area contributed by atoms with E-state index in [9.17, 15) is 0 Å². The first-order valence-corrected chi connectivity index (χ1v) is 10.2. The third-order valence-electron chi connectivity index (χ3n) is 4.05. The number of hydrogen-bond donors (Lipinski definition) is 0. The number of halogens is 1. The Morgan fingerprint density at radius 3 is 2.60 bits per heavy atom. The van der Waals surface area contributed by atoms with Crippen LogP contribution in [0.25, 0.3) is 10.8 Å². The zero-order chi connectivity index (χ0) is 18.2. The van der Waals surface area contributed by atoms with Crippen LogP contribution in [0.5, 0.6) is 0 Å². The molecule has 0 bridgehead atoms. The smallest absolute Gasteiger partial charge is 0.0288 e. The molecule has 2 rings (SSSR count). The zero-order valence-electron chi connectivity index (χ0n) is 14.6. The van der Waals surface area contributed by atoms with Gasteiger partial charge in [0.2, 0.25) is 0 Å². The SMILES string of the molecule is C=CC(=C)/C=C\C=C/C(=C)SCc1cc2ccccc2c(C)c1CBr. The summed E-state index contributed by atoms with van der Waals surface area (Å²) < 4.78 is 0. The van der Waals surface area contributed by atoms with Crippen molar-refractivity contribution >= 4 is 38.5 Å². The van der Waals surface area contributed by atoms with Crippen LogP contribution in [-0.2, 0) is 11.1 Å². The number of thioether (sulfide) groups is 1. The monoisotopic (exact) mass is 410 g/mol. The van der Waals surface area contributed by atoms with Crippen LogP contribution in [0.15, 0.2) is 90.9 Å². The van der Waals surface area contributed by atoms with E-state index in [2.05, 4.69) is 72.9 Å². The molecule has 0 spiro atoms. The molecule has 0 aliphatic carbocycles. The van der Waals surface area contributed by atoms with Gasteiger partial charge in [-0.1, -0.05) is 84.2 Å². The van der Waals surface area contributed by atoms with E-state index in [1.54, 1.807) is 17.8 Å². The standard InChI is InChI=1S/C23H23BrS/c1-5-17(2)10-6-7-11-18(3)25-16-21-14-20-12-8-9-13-22(20)19(4)23(21)15-24/h5-14H,1-3,15-16H2,4H3/b10-6-,11-7-. The molecule has 0 saturated heterocycles. The first-order valence-electron chi connectivity index (χ1n) is 8.10. The van der Waals surface area contributed by atoms with Gasteiger partial charge in [-0.15, -0.1) is 11.8 Å². The maximum atomic E-state index is 4.13. The summed E-state index contributed by atoms with van der Waals surface area (Å²) >= 11 is 5.41. The Hall–Kier alpha value is -1.77. The maximum absolute atomic E-state index is 4.13. The van der Waals surface area contributed by atoms with Crippen molar-refractivity contribution in [1.82, 2.24) is 0 Å². The molecule has 0 saturated carbocycles. The van der Waals surface area contributed by atoms with Gasteiger partial charge in [0.1, 0.15) is 0 Å². The van der Waals surface area contributed by atoms with Crippen molar-refractivity contribution in [3.8, 4) is 0 Å². The largest absolute Gasteiger partial charge is 0.122 e. The van der Waals surface area contributed by atoms with E-state index in [4.69, 9.17) is 0 Å². The summed E-state index contributed by atoms with van der Waals surface area (Å²) in [5, 5.41) is 3.50. The summed E-state index contributed by atoms with van der Waals surface area (Å²) in [7, 11) is 0. The number of allylic oxidation sites excluding steroid dienone is 6. The normalized spacial score (nSPS) is 11.4. The molecule has 0 unspecified atom stereocenters. The fourth-order valence-electron chi connectivity index (χ4n) is 2.59. The zero-order valence-corrected chi connectivity index (χ0v) is 17.0. The Bertz CT molecular complexity index is 856. The van der Waals surface area contributed by atoms with Crippen LogP contribution < -0.4 is 0 Å². The van der Waals surface area contributed by atoms with Crippen molar-refractivity contribution in [3.63, 3.8) is 0 Å². The summed E-state index contributed by atoms with van der Waals surface area (Å²) in [6, 6.07) is 10.9. The van der Waals surface area contributed by atoms with Crippen LogP contribution >= 0.6 is 27.7 Å². The summed E-state index contributed by atoms with van der Waals surface area (Å²) in [6.07, 6.45) is 9.63. The summed E-state index contributed by atoms with van der Waals surface area (Å²) in [4.78, 5) is 1.04. The topological polar surface area (TPSA) is 0 Å². The molecule has 0 aromatic heterocycles. The molecule has 2 heteroatoms. The average molecular weight is 411 g/mol. The highest BCUT2D eigenvalue weighted by molar-refractivity contribution is 9.08. The molecule has 0 nitrogen and oxygen atoms in total. The van der Waals surface area contributed by atoms with E-state index in [0.717, 1.165) is 21.6 Å². The van der Waals surface area contributed by atoms with Crippen LogP contribution in [-0.4, -0.2) is 0 Å². The Labute approximate surface area is 163 Å². The fraction of sp³-hybridized carbons (Fsp3) is 0.130. The second-order valence-electron chi connectivity index (χ2n) is 5.75. The second-order valence-corrected chi connectivity index (χ2v) is 7.41. The number of benzene rings is 2. The molecule has 0 fully saturated rings. The minimum atomic E-state index is 0.869. The van der Waals surface area contributed by atoms with Crippen LogP contribution in [0.1, 0.15) is 16.7 Å². The molecule has 0 heterocycles. The number of alkyl halides is 1. The number of aryl methyl sites for hydroxylation is 1. The van der Waals surface area contributed by atoms with E-state index in [0.29, 0.717) is 0 Å². The summed E-state index contributed by atoms with van der Waals surface area (Å²) in [6.45, 7) is 13.9. The molecular formula is C23H23BrS. The molecule has 0 N–H and O–H groups in total. The minimum Gasteiger partial charge on any atom is -0.122 e. The summed E-state index contributed by atoms with van der Waals surface area (Å²) in [5.74, 6) is 0.916. The molecule has 128 valence electrons. The van der Waals surface area contributed by atoms with Crippen LogP contribution in [0.3, 0.4) is 0 Å². The van der Waals surface area contributed by atoms with Crippen molar-refractivity contribution in [2.24, 2.45) is 0 Å². The van der Waals surface area contributed by atoms with E-state index in [-0.39, 0.29) is 0 Å². The van der Waals surface area contributed by atoms with Gasteiger partial charge in [0.25, 0.3) is 0 Å². The number of rotatable bonds is 8. The van der Waals surface area contributed by atoms with Crippen molar-refractivity contribution < 1.29 is 0 Å². The number of hydrogen-bond acceptors (Lipinski definition) is 1. The van der Waals surface area contributed by atoms with E-state index in [1.165, 1.54) is 27.5 Å². The Kier molecular flexibility index (Phi) is 7.54. The van der Waals surface area contributed by atoms with Crippen molar-refractivity contribution in [2.45, 2.75) is 18.0 Å². The van der Waals surface area contributed by atoms with E-state index < -0.39 is 0 Å². The first kappa shape index (κ1) is 19.6. The Morgan fingerprint density at radius 1 is 1.16 bits per heavy atom. The quantitative estimate of drug-likeness (QED) is 0.318. The van der Waals surface area contributed by atoms with E-state index >= 15 is 0 Å². The highest BCUT2D eigenvalue weighted by atomic mass is 79.9. The minimum absolute atomic E-state index is 0.869. The van der Waals surface area contributed by atoms with E-state index in [1.807, 2.05) is 24.3 Å². The van der Waals surface area contributed by atoms with Crippen LogP contribution in [0, 0.1) is 6.92 Å². The third-order valence-corrected chi connectivity index (χ3v) is 5.57. The van der Waals surface area contributed by atoms with Crippen LogP contribution in [0.2, 0.25) is 0 Å². The lowest BCUT2D eigenvalue weighted by Gasteiger charge is -2.14. The molecule has 0 amide bonds. The molecule has 2 aromatic carbocycles. The highest BCUT2D eigenvalue weighted by Gasteiger charge is 2.09. The lowest BCUT2D eigenvalue weighted by molar-refractivity contribution is 1.26. The van der Waals surface area contributed by atoms with Gasteiger partial charge < -0.3 is 0 Å². The van der Waals surface area contributed by atoms with Crippen LogP contribution in [0.4, 0.5) is 0 Å². The summed E-state index contributed by atoms with van der Waals surface area (Å²) in [5.41, 5.74) is 5.00.